The van der Waals surface area contributed by atoms with E-state index in [4.69, 9.17) is 15.6 Å². The minimum absolute atomic E-state index is 0.0820. The monoisotopic (exact) mass is 477 g/mol. The fourth-order valence-corrected chi connectivity index (χ4v) is 4.77. The van der Waals surface area contributed by atoms with Crippen LogP contribution in [-0.2, 0) is 10.2 Å². The number of hydrogen-bond donors (Lipinski definition) is 2. The van der Waals surface area contributed by atoms with Crippen LogP contribution in [0, 0.1) is 21.4 Å². The molecule has 4 aromatic rings. The number of nitriles is 1. The van der Waals surface area contributed by atoms with E-state index in [1.165, 1.54) is 22.9 Å². The Morgan fingerprint density at radius 1 is 1.14 bits per heavy atom. The Morgan fingerprint density at radius 3 is 2.61 bits per heavy atom. The molecule has 2 aliphatic rings. The van der Waals surface area contributed by atoms with E-state index in [9.17, 15) is 20.2 Å². The highest BCUT2D eigenvalue weighted by atomic mass is 16.6. The van der Waals surface area contributed by atoms with E-state index in [1.54, 1.807) is 48.7 Å². The van der Waals surface area contributed by atoms with Crippen LogP contribution in [0.2, 0.25) is 0 Å². The lowest BCUT2D eigenvalue weighted by molar-refractivity contribution is -0.384. The van der Waals surface area contributed by atoms with Gasteiger partial charge >= 0.3 is 0 Å². The number of aromatic nitrogens is 3. The molecule has 174 valence electrons. The summed E-state index contributed by atoms with van der Waals surface area (Å²) in [6.07, 6.45) is 1.57. The highest BCUT2D eigenvalue weighted by Crippen LogP contribution is 2.56. The third-order valence-corrected chi connectivity index (χ3v) is 6.28. The van der Waals surface area contributed by atoms with Crippen molar-refractivity contribution in [3.05, 3.63) is 106 Å². The molecular formula is C25H15N7O4. The molecule has 6 rings (SSSR count). The summed E-state index contributed by atoms with van der Waals surface area (Å²) in [4.78, 5) is 29.3. The normalized spacial score (nSPS) is 17.7. The van der Waals surface area contributed by atoms with E-state index in [2.05, 4.69) is 10.3 Å². The van der Waals surface area contributed by atoms with Crippen molar-refractivity contribution >= 4 is 17.3 Å². The van der Waals surface area contributed by atoms with Gasteiger partial charge in [-0.2, -0.15) is 15.0 Å². The first-order valence-corrected chi connectivity index (χ1v) is 10.8. The van der Waals surface area contributed by atoms with Crippen molar-refractivity contribution in [2.75, 3.05) is 5.32 Å². The number of nitro groups is 1. The third kappa shape index (κ3) is 2.69. The molecule has 11 heteroatoms. The van der Waals surface area contributed by atoms with Crippen LogP contribution in [0.3, 0.4) is 0 Å². The smallest absolute Gasteiger partial charge is 0.269 e. The standard InChI is InChI=1S/C25H15N7O4/c26-13-17-22(27)36-23-20(25(17)16-12-15(32(34)35)9-10-18(16)29-24(25)33)21(14-6-2-1-3-7-14)30-31(23)19-8-4-5-11-28-19/h1-12H,27H2,(H,29,33). The van der Waals surface area contributed by atoms with Crippen molar-refractivity contribution in [3.63, 3.8) is 0 Å². The summed E-state index contributed by atoms with van der Waals surface area (Å²) in [5.41, 5.74) is 5.70. The molecule has 2 aromatic carbocycles. The maximum atomic E-state index is 13.9. The van der Waals surface area contributed by atoms with Gasteiger partial charge in [-0.3, -0.25) is 14.9 Å². The number of rotatable bonds is 3. The fourth-order valence-electron chi connectivity index (χ4n) is 4.77. The van der Waals surface area contributed by atoms with Crippen molar-refractivity contribution in [2.24, 2.45) is 5.73 Å². The lowest BCUT2D eigenvalue weighted by Crippen LogP contribution is -2.42. The molecule has 2 aliphatic heterocycles. The van der Waals surface area contributed by atoms with E-state index >= 15 is 0 Å². The number of nitrogens with one attached hydrogen (secondary N) is 1. The zero-order chi connectivity index (χ0) is 25.0. The number of non-ortho nitro benzene ring substituents is 1. The molecule has 1 atom stereocenters. The molecule has 11 nitrogen and oxygen atoms in total. The van der Waals surface area contributed by atoms with Crippen molar-refractivity contribution in [3.8, 4) is 29.0 Å². The highest BCUT2D eigenvalue weighted by molar-refractivity contribution is 6.13. The zero-order valence-corrected chi connectivity index (χ0v) is 18.4. The average Bonchev–Trinajstić information content (AvgIpc) is 3.41. The molecule has 0 radical (unpaired) electrons. The zero-order valence-electron chi connectivity index (χ0n) is 18.4. The van der Waals surface area contributed by atoms with Crippen molar-refractivity contribution in [2.45, 2.75) is 5.41 Å². The Morgan fingerprint density at radius 2 is 1.92 bits per heavy atom. The molecule has 1 unspecified atom stereocenters. The maximum absolute atomic E-state index is 13.9. The van der Waals surface area contributed by atoms with Crippen LogP contribution in [0.15, 0.2) is 84.4 Å². The molecule has 1 amide bonds. The Balaban J connectivity index is 1.78. The van der Waals surface area contributed by atoms with E-state index in [1.807, 2.05) is 12.1 Å². The van der Waals surface area contributed by atoms with Gasteiger partial charge < -0.3 is 15.8 Å². The SMILES string of the molecule is N#CC1=C(N)Oc2c(c(-c3ccccc3)nn2-c2ccccn2)C12C(=O)Nc1ccc([N+](=O)[O-])cc12. The van der Waals surface area contributed by atoms with Crippen LogP contribution in [0.1, 0.15) is 11.1 Å². The van der Waals surface area contributed by atoms with Gasteiger partial charge in [0.2, 0.25) is 17.7 Å². The summed E-state index contributed by atoms with van der Waals surface area (Å²) in [6, 6.07) is 20.3. The number of amides is 1. The molecule has 0 saturated heterocycles. The van der Waals surface area contributed by atoms with Crippen LogP contribution < -0.4 is 15.8 Å². The molecule has 2 aromatic heterocycles. The molecule has 4 heterocycles. The Hall–Kier alpha value is -5.50. The number of benzene rings is 2. The minimum atomic E-state index is -1.84. The van der Waals surface area contributed by atoms with Crippen molar-refractivity contribution < 1.29 is 14.5 Å². The van der Waals surface area contributed by atoms with Crippen LogP contribution in [0.5, 0.6) is 5.88 Å². The first kappa shape index (κ1) is 21.1. The van der Waals surface area contributed by atoms with Gasteiger partial charge in [0, 0.05) is 35.1 Å². The summed E-state index contributed by atoms with van der Waals surface area (Å²) in [7, 11) is 0. The summed E-state index contributed by atoms with van der Waals surface area (Å²) < 4.78 is 7.34. The number of carbonyl (C=O) groups excluding carboxylic acids is 1. The van der Waals surface area contributed by atoms with Gasteiger partial charge in [0.05, 0.1) is 10.5 Å². The first-order chi connectivity index (χ1) is 17.5. The summed E-state index contributed by atoms with van der Waals surface area (Å²) >= 11 is 0. The lowest BCUT2D eigenvalue weighted by atomic mass is 9.68. The van der Waals surface area contributed by atoms with E-state index in [0.717, 1.165) is 0 Å². The predicted octanol–water partition coefficient (Wildman–Crippen LogP) is 3.17. The average molecular weight is 477 g/mol. The summed E-state index contributed by atoms with van der Waals surface area (Å²) in [6.45, 7) is 0. The maximum Gasteiger partial charge on any atom is 0.269 e. The Kier molecular flexibility index (Phi) is 4.39. The Labute approximate surface area is 203 Å². The van der Waals surface area contributed by atoms with E-state index in [-0.39, 0.29) is 34.2 Å². The van der Waals surface area contributed by atoms with Gasteiger partial charge in [-0.1, -0.05) is 36.4 Å². The van der Waals surface area contributed by atoms with Gasteiger partial charge in [0.1, 0.15) is 22.8 Å². The second-order valence-corrected chi connectivity index (χ2v) is 8.14. The topological polar surface area (TPSA) is 162 Å². The number of nitrogens with zero attached hydrogens (tertiary/aromatic N) is 5. The molecular weight excluding hydrogens is 462 g/mol. The number of nitro benzene ring substituents is 1. The first-order valence-electron chi connectivity index (χ1n) is 10.8. The number of anilines is 1. The molecule has 3 N–H and O–H groups in total. The molecule has 0 saturated carbocycles. The minimum Gasteiger partial charge on any atom is -0.422 e. The number of carbonyl (C=O) groups is 1. The Bertz CT molecular complexity index is 1660. The fraction of sp³-hybridized carbons (Fsp3) is 0.0400. The summed E-state index contributed by atoms with van der Waals surface area (Å²) in [5.74, 6) is -0.438. The molecule has 0 aliphatic carbocycles. The number of ether oxygens (including phenoxy) is 1. The van der Waals surface area contributed by atoms with Gasteiger partial charge in [-0.05, 0) is 18.2 Å². The highest BCUT2D eigenvalue weighted by Gasteiger charge is 2.59. The van der Waals surface area contributed by atoms with Gasteiger partial charge in [-0.15, -0.1) is 0 Å². The molecule has 0 fully saturated rings. The number of fused-ring (bicyclic) bond motifs is 4. The van der Waals surface area contributed by atoms with Gasteiger partial charge in [-0.25, -0.2) is 4.98 Å². The van der Waals surface area contributed by atoms with Crippen molar-refractivity contribution in [1.29, 1.82) is 5.26 Å². The van der Waals surface area contributed by atoms with Crippen LogP contribution in [0.4, 0.5) is 11.4 Å². The largest absolute Gasteiger partial charge is 0.422 e. The van der Waals surface area contributed by atoms with E-state index < -0.39 is 16.2 Å². The van der Waals surface area contributed by atoms with Crippen LogP contribution >= 0.6 is 0 Å². The number of nitrogens with two attached hydrogens (primary N) is 1. The van der Waals surface area contributed by atoms with Crippen LogP contribution in [0.25, 0.3) is 17.1 Å². The molecule has 36 heavy (non-hydrogen) atoms. The van der Waals surface area contributed by atoms with E-state index in [0.29, 0.717) is 22.8 Å². The predicted molar refractivity (Wildman–Crippen MR) is 127 cm³/mol. The van der Waals surface area contributed by atoms with Gasteiger partial charge in [0.15, 0.2) is 5.82 Å². The second-order valence-electron chi connectivity index (χ2n) is 8.14. The van der Waals surface area contributed by atoms with Gasteiger partial charge in [0.25, 0.3) is 5.69 Å². The number of hydrogen-bond acceptors (Lipinski definition) is 8. The number of pyridine rings is 1. The molecule has 1 spiro atoms. The third-order valence-electron chi connectivity index (χ3n) is 6.28. The van der Waals surface area contributed by atoms with Crippen LogP contribution in [-0.4, -0.2) is 25.6 Å². The summed E-state index contributed by atoms with van der Waals surface area (Å²) in [5, 5.41) is 29.3. The second kappa shape index (κ2) is 7.51. The van der Waals surface area contributed by atoms with Crippen molar-refractivity contribution in [1.82, 2.24) is 14.8 Å². The quantitative estimate of drug-likeness (QED) is 0.336. The lowest BCUT2D eigenvalue weighted by Gasteiger charge is -2.32. The molecule has 0 bridgehead atoms.